The van der Waals surface area contributed by atoms with E-state index < -0.39 is 0 Å². The molecule has 1 aliphatic rings. The molecule has 1 saturated heterocycles. The second kappa shape index (κ2) is 9.72. The van der Waals surface area contributed by atoms with Crippen LogP contribution in [0.3, 0.4) is 0 Å². The zero-order chi connectivity index (χ0) is 23.6. The predicted molar refractivity (Wildman–Crippen MR) is 134 cm³/mol. The molecular weight excluding hydrogens is 440 g/mol. The van der Waals surface area contributed by atoms with Crippen molar-refractivity contribution in [2.24, 2.45) is 7.05 Å². The Morgan fingerprint density at radius 1 is 1.28 bits per heavy atom. The van der Waals surface area contributed by atoms with E-state index in [9.17, 15) is 14.9 Å². The highest BCUT2D eigenvalue weighted by Gasteiger charge is 2.35. The number of nitrogens with zero attached hydrogens (tertiary/aromatic N) is 4. The molecule has 0 aliphatic carbocycles. The van der Waals surface area contributed by atoms with Crippen LogP contribution in [0.4, 0.5) is 5.82 Å². The normalized spacial score (nSPS) is 15.9. The van der Waals surface area contributed by atoms with Gasteiger partial charge in [-0.2, -0.15) is 5.26 Å². The van der Waals surface area contributed by atoms with E-state index >= 15 is 0 Å². The largest absolute Gasteiger partial charge is 0.356 e. The number of amides is 1. The molecule has 6 nitrogen and oxygen atoms in total. The van der Waals surface area contributed by atoms with Crippen molar-refractivity contribution in [2.45, 2.75) is 39.8 Å². The average molecular weight is 467 g/mol. The maximum atomic E-state index is 13.1. The van der Waals surface area contributed by atoms with Crippen molar-refractivity contribution in [1.82, 2.24) is 9.47 Å². The summed E-state index contributed by atoms with van der Waals surface area (Å²) in [5, 5.41) is 9.62. The number of thioether (sulfide) groups is 1. The van der Waals surface area contributed by atoms with Crippen molar-refractivity contribution >= 4 is 46.1 Å². The third-order valence-electron chi connectivity index (χ3n) is 5.72. The van der Waals surface area contributed by atoms with Crippen LogP contribution < -0.4 is 10.5 Å². The summed E-state index contributed by atoms with van der Waals surface area (Å²) >= 11 is 6.72. The predicted octanol–water partition coefficient (Wildman–Crippen LogP) is 4.20. The Bertz CT molecular complexity index is 1200. The number of anilines is 1. The zero-order valence-electron chi connectivity index (χ0n) is 18.9. The molecule has 2 aromatic rings. The van der Waals surface area contributed by atoms with Crippen LogP contribution in [0, 0.1) is 18.3 Å². The lowest BCUT2D eigenvalue weighted by atomic mass is 10.0. The van der Waals surface area contributed by atoms with Crippen molar-refractivity contribution in [2.75, 3.05) is 11.9 Å². The first-order valence-corrected chi connectivity index (χ1v) is 11.6. The van der Waals surface area contributed by atoms with Gasteiger partial charge in [0.25, 0.3) is 11.5 Å². The summed E-state index contributed by atoms with van der Waals surface area (Å²) in [7, 11) is 3.55. The summed E-state index contributed by atoms with van der Waals surface area (Å²) in [4.78, 5) is 30.1. The summed E-state index contributed by atoms with van der Waals surface area (Å²) in [6, 6.07) is 12.0. The summed E-state index contributed by atoms with van der Waals surface area (Å²) < 4.78 is 2.01. The van der Waals surface area contributed by atoms with Crippen LogP contribution in [0.25, 0.3) is 6.08 Å². The molecule has 1 aliphatic heterocycles. The third kappa shape index (κ3) is 4.36. The van der Waals surface area contributed by atoms with E-state index in [1.807, 2.05) is 62.2 Å². The van der Waals surface area contributed by atoms with Gasteiger partial charge in [0.05, 0.1) is 4.91 Å². The third-order valence-corrected chi connectivity index (χ3v) is 7.05. The topological polar surface area (TPSA) is 69.3 Å². The highest BCUT2D eigenvalue weighted by molar-refractivity contribution is 8.26. The van der Waals surface area contributed by atoms with Crippen LogP contribution in [0.2, 0.25) is 0 Å². The number of nitriles is 1. The molecule has 0 N–H and O–H groups in total. The summed E-state index contributed by atoms with van der Waals surface area (Å²) in [5.41, 5.74) is 2.03. The van der Waals surface area contributed by atoms with Gasteiger partial charge in [-0.3, -0.25) is 19.1 Å². The Morgan fingerprint density at radius 2 is 1.94 bits per heavy atom. The minimum atomic E-state index is -0.357. The monoisotopic (exact) mass is 466 g/mol. The number of carbonyl (C=O) groups excluding carboxylic acids is 1. The molecular formula is C24H26N4O2S2. The average Bonchev–Trinajstić information content (AvgIpc) is 3.05. The van der Waals surface area contributed by atoms with E-state index in [1.165, 1.54) is 16.3 Å². The zero-order valence-corrected chi connectivity index (χ0v) is 20.5. The summed E-state index contributed by atoms with van der Waals surface area (Å²) in [5.74, 6) is 0.502. The van der Waals surface area contributed by atoms with Gasteiger partial charge >= 0.3 is 0 Å². The first-order valence-electron chi connectivity index (χ1n) is 10.4. The standard InChI is InChI=1S/C24H26N4O2S2/c1-6-15(2)28-23(30)20(32-24(28)31)12-18-16(3)19(13-25)22(29)27(5)21(18)26(4)14-17-10-8-7-9-11-17/h7-12,15H,6,14H2,1-5H3. The SMILES string of the molecule is CCC(C)N1C(=O)C(=Cc2c(C)c(C#N)c(=O)n(C)c2N(C)Cc2ccccc2)SC1=S. The maximum absolute atomic E-state index is 13.1. The van der Waals surface area contributed by atoms with E-state index in [0.29, 0.717) is 32.7 Å². The number of aromatic nitrogens is 1. The molecule has 1 aromatic carbocycles. The number of carbonyl (C=O) groups is 1. The molecule has 3 rings (SSSR count). The van der Waals surface area contributed by atoms with E-state index in [2.05, 4.69) is 0 Å². The summed E-state index contributed by atoms with van der Waals surface area (Å²) in [6.45, 7) is 6.30. The summed E-state index contributed by atoms with van der Waals surface area (Å²) in [6.07, 6.45) is 2.57. The Balaban J connectivity index is 2.17. The second-order valence-electron chi connectivity index (χ2n) is 7.86. The molecule has 1 aromatic heterocycles. The Kier molecular flexibility index (Phi) is 7.22. The number of hydrogen-bond acceptors (Lipinski definition) is 6. The smallest absolute Gasteiger partial charge is 0.270 e. The Hall–Kier alpha value is -2.89. The Morgan fingerprint density at radius 3 is 2.53 bits per heavy atom. The fraction of sp³-hybridized carbons (Fsp3) is 0.333. The number of thiocarbonyl (C=S) groups is 1. The molecule has 0 spiro atoms. The van der Waals surface area contributed by atoms with Gasteiger partial charge in [0.1, 0.15) is 21.8 Å². The van der Waals surface area contributed by atoms with E-state index in [0.717, 1.165) is 12.0 Å². The van der Waals surface area contributed by atoms with Crippen molar-refractivity contribution in [3.05, 3.63) is 67.8 Å². The molecule has 0 saturated carbocycles. The molecule has 0 radical (unpaired) electrons. The fourth-order valence-electron chi connectivity index (χ4n) is 3.78. The van der Waals surface area contributed by atoms with E-state index in [1.54, 1.807) is 24.9 Å². The van der Waals surface area contributed by atoms with Crippen molar-refractivity contribution in [3.8, 4) is 6.07 Å². The van der Waals surface area contributed by atoms with Gasteiger partial charge in [0, 0.05) is 32.2 Å². The molecule has 1 unspecified atom stereocenters. The quantitative estimate of drug-likeness (QED) is 0.469. The van der Waals surface area contributed by atoms with E-state index in [-0.39, 0.29) is 23.1 Å². The number of pyridine rings is 1. The van der Waals surface area contributed by atoms with Gasteiger partial charge in [-0.15, -0.1) is 0 Å². The molecule has 0 bridgehead atoms. The van der Waals surface area contributed by atoms with Gasteiger partial charge < -0.3 is 4.90 Å². The molecule has 2 heterocycles. The second-order valence-corrected chi connectivity index (χ2v) is 9.54. The van der Waals surface area contributed by atoms with Crippen LogP contribution in [0.5, 0.6) is 0 Å². The number of hydrogen-bond donors (Lipinski definition) is 0. The number of benzene rings is 1. The van der Waals surface area contributed by atoms with Crippen molar-refractivity contribution < 1.29 is 4.79 Å². The van der Waals surface area contributed by atoms with Crippen LogP contribution in [0.15, 0.2) is 40.0 Å². The Labute approximate surface area is 198 Å². The molecule has 32 heavy (non-hydrogen) atoms. The van der Waals surface area contributed by atoms with E-state index in [4.69, 9.17) is 12.2 Å². The molecule has 8 heteroatoms. The maximum Gasteiger partial charge on any atom is 0.270 e. The van der Waals surface area contributed by atoms with Crippen molar-refractivity contribution in [1.29, 1.82) is 5.26 Å². The van der Waals surface area contributed by atoms with Crippen LogP contribution >= 0.6 is 24.0 Å². The highest BCUT2D eigenvalue weighted by atomic mass is 32.2. The first-order chi connectivity index (χ1) is 15.2. The number of rotatable bonds is 6. The van der Waals surface area contributed by atoms with Crippen molar-refractivity contribution in [3.63, 3.8) is 0 Å². The van der Waals surface area contributed by atoms with Gasteiger partial charge in [0.15, 0.2) is 0 Å². The van der Waals surface area contributed by atoms with Gasteiger partial charge in [-0.05, 0) is 37.5 Å². The lowest BCUT2D eigenvalue weighted by Crippen LogP contribution is -2.36. The molecule has 166 valence electrons. The molecule has 1 atom stereocenters. The molecule has 1 amide bonds. The minimum absolute atomic E-state index is 0.00419. The van der Waals surface area contributed by atoms with Crippen LogP contribution in [0.1, 0.15) is 42.5 Å². The fourth-order valence-corrected chi connectivity index (χ4v) is 5.22. The van der Waals surface area contributed by atoms with Gasteiger partial charge in [-0.1, -0.05) is 61.2 Å². The van der Waals surface area contributed by atoms with Gasteiger partial charge in [-0.25, -0.2) is 0 Å². The van der Waals surface area contributed by atoms with Crippen LogP contribution in [-0.4, -0.2) is 32.8 Å². The lowest BCUT2D eigenvalue weighted by molar-refractivity contribution is -0.123. The van der Waals surface area contributed by atoms with Crippen LogP contribution in [-0.2, 0) is 18.4 Å². The highest BCUT2D eigenvalue weighted by Crippen LogP contribution is 2.37. The minimum Gasteiger partial charge on any atom is -0.356 e. The van der Waals surface area contributed by atoms with Gasteiger partial charge in [0.2, 0.25) is 0 Å². The first kappa shape index (κ1) is 23.8. The molecule has 1 fully saturated rings. The lowest BCUT2D eigenvalue weighted by Gasteiger charge is -2.26.